The molecule has 1 saturated heterocycles. The number of rotatable bonds is 4. The van der Waals surface area contributed by atoms with Gasteiger partial charge in [0, 0.05) is 49.9 Å². The van der Waals surface area contributed by atoms with Crippen molar-refractivity contribution in [2.75, 3.05) is 13.1 Å². The lowest BCUT2D eigenvalue weighted by atomic mass is 9.94. The van der Waals surface area contributed by atoms with E-state index in [1.807, 2.05) is 35.2 Å². The number of nitrogens with zero attached hydrogens (tertiary/aromatic N) is 2. The number of nitrogens with one attached hydrogen (secondary N) is 2. The van der Waals surface area contributed by atoms with Gasteiger partial charge in [-0.15, -0.1) is 0 Å². The molecule has 3 rings (SSSR count). The van der Waals surface area contributed by atoms with E-state index in [1.54, 1.807) is 6.20 Å². The number of piperidine rings is 1. The third kappa shape index (κ3) is 3.82. The number of hydrogen-bond acceptors (Lipinski definition) is 3. The quantitative estimate of drug-likeness (QED) is 0.903. The zero-order valence-electron chi connectivity index (χ0n) is 13.8. The fourth-order valence-electron chi connectivity index (χ4n) is 3.08. The monoisotopic (exact) mass is 326 g/mol. The van der Waals surface area contributed by atoms with E-state index in [2.05, 4.69) is 15.5 Å². The molecule has 6 nitrogen and oxygen atoms in total. The van der Waals surface area contributed by atoms with Gasteiger partial charge in [0.2, 0.25) is 5.91 Å². The number of H-pyrrole nitrogens is 1. The van der Waals surface area contributed by atoms with Crippen molar-refractivity contribution in [2.45, 2.75) is 32.2 Å². The van der Waals surface area contributed by atoms with Crippen molar-refractivity contribution >= 4 is 11.8 Å². The first-order valence-corrected chi connectivity index (χ1v) is 8.25. The van der Waals surface area contributed by atoms with Gasteiger partial charge in [-0.3, -0.25) is 14.7 Å². The van der Waals surface area contributed by atoms with Gasteiger partial charge in [0.1, 0.15) is 0 Å². The highest BCUT2D eigenvalue weighted by molar-refractivity contribution is 5.94. The zero-order chi connectivity index (χ0) is 16.9. The van der Waals surface area contributed by atoms with E-state index in [1.165, 1.54) is 6.92 Å². The zero-order valence-corrected chi connectivity index (χ0v) is 13.8. The van der Waals surface area contributed by atoms with Crippen molar-refractivity contribution in [1.29, 1.82) is 0 Å². The fraction of sp³-hybridized carbons (Fsp3) is 0.389. The third-order valence-corrected chi connectivity index (χ3v) is 4.41. The Morgan fingerprint density at radius 2 is 2.08 bits per heavy atom. The molecule has 0 spiro atoms. The van der Waals surface area contributed by atoms with Gasteiger partial charge >= 0.3 is 0 Å². The molecule has 1 aliphatic heterocycles. The molecule has 2 aromatic rings. The van der Waals surface area contributed by atoms with Crippen LogP contribution >= 0.6 is 0 Å². The van der Waals surface area contributed by atoms with Crippen LogP contribution in [0.5, 0.6) is 0 Å². The van der Waals surface area contributed by atoms with Crippen LogP contribution in [-0.2, 0) is 11.3 Å². The van der Waals surface area contributed by atoms with Gasteiger partial charge in [0.25, 0.3) is 5.91 Å². The molecular weight excluding hydrogens is 304 g/mol. The summed E-state index contributed by atoms with van der Waals surface area (Å²) in [6.07, 6.45) is 3.82. The van der Waals surface area contributed by atoms with Crippen molar-refractivity contribution in [2.24, 2.45) is 0 Å². The average Bonchev–Trinajstić information content (AvgIpc) is 3.14. The lowest BCUT2D eigenvalue weighted by molar-refractivity contribution is -0.119. The summed E-state index contributed by atoms with van der Waals surface area (Å²) < 4.78 is 0. The lowest BCUT2D eigenvalue weighted by Crippen LogP contribution is -2.39. The summed E-state index contributed by atoms with van der Waals surface area (Å²) in [5, 5.41) is 9.77. The molecule has 0 saturated carbocycles. The number of likely N-dealkylation sites (tertiary alicyclic amines) is 1. The van der Waals surface area contributed by atoms with Gasteiger partial charge in [0.05, 0.1) is 0 Å². The maximum atomic E-state index is 12.7. The molecule has 1 fully saturated rings. The molecule has 2 heterocycles. The predicted octanol–water partition coefficient (Wildman–Crippen LogP) is 2.07. The fourth-order valence-corrected chi connectivity index (χ4v) is 3.08. The first-order valence-electron chi connectivity index (χ1n) is 8.25. The average molecular weight is 326 g/mol. The van der Waals surface area contributed by atoms with E-state index < -0.39 is 0 Å². The number of carbonyl (C=O) groups excluding carboxylic acids is 2. The number of amides is 2. The number of benzene rings is 1. The summed E-state index contributed by atoms with van der Waals surface area (Å²) in [6.45, 7) is 3.48. The van der Waals surface area contributed by atoms with Crippen molar-refractivity contribution in [3.63, 3.8) is 0 Å². The van der Waals surface area contributed by atoms with Gasteiger partial charge in [-0.1, -0.05) is 12.1 Å². The summed E-state index contributed by atoms with van der Waals surface area (Å²) >= 11 is 0. The molecule has 24 heavy (non-hydrogen) atoms. The molecule has 126 valence electrons. The summed E-state index contributed by atoms with van der Waals surface area (Å²) in [5.74, 6) is 0.322. The highest BCUT2D eigenvalue weighted by Gasteiger charge is 2.26. The van der Waals surface area contributed by atoms with E-state index in [-0.39, 0.29) is 11.8 Å². The summed E-state index contributed by atoms with van der Waals surface area (Å²) in [4.78, 5) is 25.6. The second-order valence-electron chi connectivity index (χ2n) is 6.21. The Balaban J connectivity index is 1.64. The molecule has 1 aliphatic rings. The van der Waals surface area contributed by atoms with Crippen LogP contribution in [0, 0.1) is 0 Å². The van der Waals surface area contributed by atoms with Gasteiger partial charge < -0.3 is 10.2 Å². The minimum Gasteiger partial charge on any atom is -0.352 e. The van der Waals surface area contributed by atoms with Gasteiger partial charge in [-0.05, 0) is 36.6 Å². The highest BCUT2D eigenvalue weighted by Crippen LogP contribution is 2.26. The molecule has 1 unspecified atom stereocenters. The molecule has 1 aromatic heterocycles. The Kier molecular flexibility index (Phi) is 4.93. The molecule has 0 bridgehead atoms. The van der Waals surface area contributed by atoms with Gasteiger partial charge in [-0.2, -0.15) is 5.10 Å². The molecule has 2 amide bonds. The minimum absolute atomic E-state index is 0.0605. The van der Waals surface area contributed by atoms with Crippen molar-refractivity contribution in [3.8, 4) is 0 Å². The normalized spacial score (nSPS) is 17.5. The van der Waals surface area contributed by atoms with Crippen LogP contribution in [0.3, 0.4) is 0 Å². The maximum absolute atomic E-state index is 12.7. The Morgan fingerprint density at radius 1 is 1.29 bits per heavy atom. The molecule has 0 radical (unpaired) electrons. The molecule has 2 N–H and O–H groups in total. The molecular formula is C18H22N4O2. The van der Waals surface area contributed by atoms with E-state index in [4.69, 9.17) is 0 Å². The summed E-state index contributed by atoms with van der Waals surface area (Å²) in [5.41, 5.74) is 2.76. The van der Waals surface area contributed by atoms with E-state index in [9.17, 15) is 9.59 Å². The molecule has 6 heteroatoms. The summed E-state index contributed by atoms with van der Waals surface area (Å²) in [6, 6.07) is 9.42. The van der Waals surface area contributed by atoms with Gasteiger partial charge in [0.15, 0.2) is 0 Å². The first kappa shape index (κ1) is 16.2. The number of hydrogen-bond donors (Lipinski definition) is 2. The lowest BCUT2D eigenvalue weighted by Gasteiger charge is -2.32. The Bertz CT molecular complexity index is 694. The van der Waals surface area contributed by atoms with Crippen molar-refractivity contribution < 1.29 is 9.59 Å². The van der Waals surface area contributed by atoms with Crippen LogP contribution in [-0.4, -0.2) is 40.0 Å². The SMILES string of the molecule is CC(=O)NCc1ccc(C(=O)N2CCCC(c3ccn[nH]3)C2)cc1. The van der Waals surface area contributed by atoms with Crippen LogP contribution in [0.2, 0.25) is 0 Å². The number of aromatic amines is 1. The van der Waals surface area contributed by atoms with E-state index >= 15 is 0 Å². The third-order valence-electron chi connectivity index (χ3n) is 4.41. The largest absolute Gasteiger partial charge is 0.352 e. The van der Waals surface area contributed by atoms with Crippen LogP contribution in [0.1, 0.15) is 47.3 Å². The Hall–Kier alpha value is -2.63. The number of aromatic nitrogens is 2. The van der Waals surface area contributed by atoms with E-state index in [0.717, 1.165) is 30.6 Å². The molecule has 1 atom stereocenters. The van der Waals surface area contributed by atoms with Crippen molar-refractivity contribution in [1.82, 2.24) is 20.4 Å². The van der Waals surface area contributed by atoms with Crippen molar-refractivity contribution in [3.05, 3.63) is 53.3 Å². The predicted molar refractivity (Wildman–Crippen MR) is 90.4 cm³/mol. The Labute approximate surface area is 141 Å². The second-order valence-corrected chi connectivity index (χ2v) is 6.21. The van der Waals surface area contributed by atoms with Crippen LogP contribution in [0.25, 0.3) is 0 Å². The van der Waals surface area contributed by atoms with Crippen LogP contribution in [0.15, 0.2) is 36.5 Å². The second kappa shape index (κ2) is 7.29. The standard InChI is InChI=1S/C18H22N4O2/c1-13(23)19-11-14-4-6-15(7-5-14)18(24)22-10-2-3-16(12-22)17-8-9-20-21-17/h4-9,16H,2-3,10-12H2,1H3,(H,19,23)(H,20,21). The van der Waals surface area contributed by atoms with Crippen LogP contribution < -0.4 is 5.32 Å². The maximum Gasteiger partial charge on any atom is 0.253 e. The first-order chi connectivity index (χ1) is 11.6. The Morgan fingerprint density at radius 3 is 2.75 bits per heavy atom. The minimum atomic E-state index is -0.0617. The number of carbonyl (C=O) groups is 2. The smallest absolute Gasteiger partial charge is 0.253 e. The molecule has 1 aromatic carbocycles. The summed E-state index contributed by atoms with van der Waals surface area (Å²) in [7, 11) is 0. The highest BCUT2D eigenvalue weighted by atomic mass is 16.2. The molecule has 0 aliphatic carbocycles. The van der Waals surface area contributed by atoms with Crippen LogP contribution in [0.4, 0.5) is 0 Å². The topological polar surface area (TPSA) is 78.1 Å². The van der Waals surface area contributed by atoms with Gasteiger partial charge in [-0.25, -0.2) is 0 Å². The van der Waals surface area contributed by atoms with E-state index in [0.29, 0.717) is 24.6 Å².